The number of hydrogen-bond donors (Lipinski definition) is 1. The predicted octanol–water partition coefficient (Wildman–Crippen LogP) is 3.37. The van der Waals surface area contributed by atoms with Gasteiger partial charge in [0.05, 0.1) is 0 Å². The van der Waals surface area contributed by atoms with Crippen molar-refractivity contribution >= 4 is 11.6 Å². The van der Waals surface area contributed by atoms with Gasteiger partial charge in [0.2, 0.25) is 5.91 Å². The van der Waals surface area contributed by atoms with Crippen LogP contribution in [0.25, 0.3) is 0 Å². The summed E-state index contributed by atoms with van der Waals surface area (Å²) in [7, 11) is 0. The summed E-state index contributed by atoms with van der Waals surface area (Å²) in [6.45, 7) is 7.94. The molecule has 0 saturated heterocycles. The smallest absolute Gasteiger partial charge is 0.230 e. The molecule has 1 N–H and O–H groups in total. The number of carbonyl (C=O) groups is 1. The average Bonchev–Trinajstić information content (AvgIpc) is 2.21. The number of aryl methyl sites for hydroxylation is 1. The van der Waals surface area contributed by atoms with Crippen molar-refractivity contribution in [2.75, 3.05) is 5.32 Å². The number of rotatable bonds is 3. The summed E-state index contributed by atoms with van der Waals surface area (Å²) in [5.41, 5.74) is 1.70. The van der Waals surface area contributed by atoms with E-state index in [1.165, 1.54) is 0 Å². The highest BCUT2D eigenvalue weighted by molar-refractivity contribution is 5.95. The van der Waals surface area contributed by atoms with E-state index in [2.05, 4.69) is 5.32 Å². The summed E-state index contributed by atoms with van der Waals surface area (Å²) in [5.74, 6) is 0.0827. The molecule has 0 aliphatic heterocycles. The SMILES string of the molecule is CCC(C)(C)C(=O)Nc1ccccc1C. The predicted molar refractivity (Wildman–Crippen MR) is 63.9 cm³/mol. The van der Waals surface area contributed by atoms with Crippen molar-refractivity contribution < 1.29 is 4.79 Å². The summed E-state index contributed by atoms with van der Waals surface area (Å²) in [5, 5.41) is 2.96. The van der Waals surface area contributed by atoms with Gasteiger partial charge >= 0.3 is 0 Å². The lowest BCUT2D eigenvalue weighted by atomic mass is 9.89. The van der Waals surface area contributed by atoms with Crippen LogP contribution in [0, 0.1) is 12.3 Å². The lowest BCUT2D eigenvalue weighted by Gasteiger charge is -2.22. The van der Waals surface area contributed by atoms with Crippen molar-refractivity contribution in [2.45, 2.75) is 34.1 Å². The zero-order chi connectivity index (χ0) is 11.5. The molecule has 1 amide bonds. The molecule has 15 heavy (non-hydrogen) atoms. The normalized spacial score (nSPS) is 11.2. The lowest BCUT2D eigenvalue weighted by Crippen LogP contribution is -2.30. The zero-order valence-electron chi connectivity index (χ0n) is 9.92. The molecule has 1 rings (SSSR count). The molecule has 0 atom stereocenters. The van der Waals surface area contributed by atoms with Crippen molar-refractivity contribution in [3.8, 4) is 0 Å². The first-order valence-corrected chi connectivity index (χ1v) is 5.34. The third kappa shape index (κ3) is 2.82. The average molecular weight is 205 g/mol. The molecule has 0 aliphatic rings. The fourth-order valence-corrected chi connectivity index (χ4v) is 1.17. The molecule has 82 valence electrons. The monoisotopic (exact) mass is 205 g/mol. The Kier molecular flexibility index (Phi) is 3.51. The van der Waals surface area contributed by atoms with Crippen LogP contribution in [0.2, 0.25) is 0 Å². The van der Waals surface area contributed by atoms with Crippen LogP contribution in [0.5, 0.6) is 0 Å². The van der Waals surface area contributed by atoms with Gasteiger partial charge in [-0.05, 0) is 25.0 Å². The van der Waals surface area contributed by atoms with Crippen LogP contribution in [0.1, 0.15) is 32.8 Å². The molecule has 0 unspecified atom stereocenters. The molecule has 2 heteroatoms. The van der Waals surface area contributed by atoms with E-state index in [0.29, 0.717) is 0 Å². The van der Waals surface area contributed by atoms with E-state index in [9.17, 15) is 4.79 Å². The number of benzene rings is 1. The van der Waals surface area contributed by atoms with Crippen LogP contribution in [-0.2, 0) is 4.79 Å². The van der Waals surface area contributed by atoms with Gasteiger partial charge in [0.15, 0.2) is 0 Å². The summed E-state index contributed by atoms with van der Waals surface area (Å²) >= 11 is 0. The second-order valence-electron chi connectivity index (χ2n) is 4.51. The minimum Gasteiger partial charge on any atom is -0.325 e. The highest BCUT2D eigenvalue weighted by Gasteiger charge is 2.25. The van der Waals surface area contributed by atoms with Crippen LogP contribution in [-0.4, -0.2) is 5.91 Å². The van der Waals surface area contributed by atoms with E-state index in [-0.39, 0.29) is 11.3 Å². The maximum atomic E-state index is 11.9. The van der Waals surface area contributed by atoms with Crippen LogP contribution < -0.4 is 5.32 Å². The standard InChI is InChI=1S/C13H19NO/c1-5-13(3,4)12(15)14-11-9-7-6-8-10(11)2/h6-9H,5H2,1-4H3,(H,14,15). The van der Waals surface area contributed by atoms with E-state index in [4.69, 9.17) is 0 Å². The van der Waals surface area contributed by atoms with Gasteiger partial charge in [-0.3, -0.25) is 4.79 Å². The first kappa shape index (κ1) is 11.8. The quantitative estimate of drug-likeness (QED) is 0.805. The van der Waals surface area contributed by atoms with E-state index < -0.39 is 0 Å². The van der Waals surface area contributed by atoms with E-state index in [1.54, 1.807) is 0 Å². The molecule has 0 saturated carbocycles. The minimum absolute atomic E-state index is 0.0827. The van der Waals surface area contributed by atoms with Gasteiger partial charge < -0.3 is 5.32 Å². The number of hydrogen-bond acceptors (Lipinski definition) is 1. The Hall–Kier alpha value is -1.31. The van der Waals surface area contributed by atoms with Gasteiger partial charge in [-0.2, -0.15) is 0 Å². The van der Waals surface area contributed by atoms with Crippen molar-refractivity contribution in [3.63, 3.8) is 0 Å². The van der Waals surface area contributed by atoms with Crippen LogP contribution >= 0.6 is 0 Å². The van der Waals surface area contributed by atoms with E-state index in [0.717, 1.165) is 17.7 Å². The summed E-state index contributed by atoms with van der Waals surface area (Å²) < 4.78 is 0. The zero-order valence-corrected chi connectivity index (χ0v) is 9.92. The number of para-hydroxylation sites is 1. The molecule has 0 heterocycles. The Bertz CT molecular complexity index is 355. The molecule has 0 aliphatic carbocycles. The van der Waals surface area contributed by atoms with Crippen molar-refractivity contribution in [1.82, 2.24) is 0 Å². The minimum atomic E-state index is -0.303. The third-order valence-corrected chi connectivity index (χ3v) is 2.89. The van der Waals surface area contributed by atoms with Gasteiger partial charge in [0.25, 0.3) is 0 Å². The van der Waals surface area contributed by atoms with Crippen LogP contribution in [0.15, 0.2) is 24.3 Å². The summed E-state index contributed by atoms with van der Waals surface area (Å²) in [4.78, 5) is 11.9. The maximum absolute atomic E-state index is 11.9. The number of nitrogens with one attached hydrogen (secondary N) is 1. The summed E-state index contributed by atoms with van der Waals surface area (Å²) in [6.07, 6.45) is 0.838. The topological polar surface area (TPSA) is 29.1 Å². The number of amides is 1. The van der Waals surface area contributed by atoms with Gasteiger partial charge in [-0.1, -0.05) is 39.0 Å². The Balaban J connectivity index is 2.80. The second kappa shape index (κ2) is 4.47. The highest BCUT2D eigenvalue weighted by atomic mass is 16.2. The number of carbonyl (C=O) groups excluding carboxylic acids is 1. The Morgan fingerprint density at radius 3 is 2.47 bits per heavy atom. The number of anilines is 1. The van der Waals surface area contributed by atoms with Gasteiger partial charge in [0, 0.05) is 11.1 Å². The fourth-order valence-electron chi connectivity index (χ4n) is 1.17. The van der Waals surface area contributed by atoms with Crippen molar-refractivity contribution in [3.05, 3.63) is 29.8 Å². The molecular formula is C13H19NO. The van der Waals surface area contributed by atoms with Crippen molar-refractivity contribution in [1.29, 1.82) is 0 Å². The van der Waals surface area contributed by atoms with Gasteiger partial charge in [-0.25, -0.2) is 0 Å². The first-order valence-electron chi connectivity index (χ1n) is 5.34. The van der Waals surface area contributed by atoms with E-state index in [1.807, 2.05) is 52.0 Å². The molecule has 0 fully saturated rings. The molecule has 0 bridgehead atoms. The largest absolute Gasteiger partial charge is 0.325 e. The first-order chi connectivity index (χ1) is 6.97. The maximum Gasteiger partial charge on any atom is 0.230 e. The van der Waals surface area contributed by atoms with Crippen molar-refractivity contribution in [2.24, 2.45) is 5.41 Å². The second-order valence-corrected chi connectivity index (χ2v) is 4.51. The molecule has 1 aromatic rings. The Morgan fingerprint density at radius 2 is 1.93 bits per heavy atom. The van der Waals surface area contributed by atoms with Crippen LogP contribution in [0.4, 0.5) is 5.69 Å². The Labute approximate surface area is 91.7 Å². The van der Waals surface area contributed by atoms with Gasteiger partial charge in [0.1, 0.15) is 0 Å². The lowest BCUT2D eigenvalue weighted by molar-refractivity contribution is -0.124. The molecule has 1 aromatic carbocycles. The molecule has 0 radical (unpaired) electrons. The fraction of sp³-hybridized carbons (Fsp3) is 0.462. The molecule has 2 nitrogen and oxygen atoms in total. The molecule has 0 aromatic heterocycles. The third-order valence-electron chi connectivity index (χ3n) is 2.89. The Morgan fingerprint density at radius 1 is 1.33 bits per heavy atom. The summed E-state index contributed by atoms with van der Waals surface area (Å²) in [6, 6.07) is 7.82. The van der Waals surface area contributed by atoms with Crippen LogP contribution in [0.3, 0.4) is 0 Å². The molecular weight excluding hydrogens is 186 g/mol. The highest BCUT2D eigenvalue weighted by Crippen LogP contribution is 2.23. The van der Waals surface area contributed by atoms with Gasteiger partial charge in [-0.15, -0.1) is 0 Å². The molecule has 0 spiro atoms. The van der Waals surface area contributed by atoms with E-state index >= 15 is 0 Å².